The summed E-state index contributed by atoms with van der Waals surface area (Å²) in [5.74, 6) is 0. The predicted molar refractivity (Wildman–Crippen MR) is 104 cm³/mol. The SMILES string of the molecule is CCC(CC)(CBr)CN(Cc1ccccc1)Cc1ccccc1. The number of halogens is 1. The van der Waals surface area contributed by atoms with Crippen molar-refractivity contribution >= 4 is 15.9 Å². The highest BCUT2D eigenvalue weighted by Crippen LogP contribution is 2.31. The lowest BCUT2D eigenvalue weighted by Gasteiger charge is -2.36. The van der Waals surface area contributed by atoms with Crippen LogP contribution in [0.3, 0.4) is 0 Å². The van der Waals surface area contributed by atoms with Gasteiger partial charge in [-0.05, 0) is 29.4 Å². The van der Waals surface area contributed by atoms with Gasteiger partial charge in [-0.3, -0.25) is 4.90 Å². The fourth-order valence-electron chi connectivity index (χ4n) is 3.03. The summed E-state index contributed by atoms with van der Waals surface area (Å²) in [5.41, 5.74) is 3.13. The Bertz CT molecular complexity index is 499. The molecule has 0 radical (unpaired) electrons. The van der Waals surface area contributed by atoms with Crippen molar-refractivity contribution in [3.05, 3.63) is 71.8 Å². The van der Waals surface area contributed by atoms with Crippen molar-refractivity contribution < 1.29 is 0 Å². The van der Waals surface area contributed by atoms with Gasteiger partial charge in [-0.15, -0.1) is 0 Å². The van der Waals surface area contributed by atoms with E-state index in [1.807, 2.05) is 0 Å². The Hall–Kier alpha value is -1.12. The smallest absolute Gasteiger partial charge is 0.0237 e. The number of nitrogens with zero attached hydrogens (tertiary/aromatic N) is 1. The van der Waals surface area contributed by atoms with Gasteiger partial charge in [0.2, 0.25) is 0 Å². The topological polar surface area (TPSA) is 3.24 Å². The van der Waals surface area contributed by atoms with Crippen molar-refractivity contribution in [2.45, 2.75) is 39.8 Å². The van der Waals surface area contributed by atoms with Crippen LogP contribution < -0.4 is 0 Å². The number of hydrogen-bond acceptors (Lipinski definition) is 1. The van der Waals surface area contributed by atoms with E-state index in [4.69, 9.17) is 0 Å². The summed E-state index contributed by atoms with van der Waals surface area (Å²) in [4.78, 5) is 2.60. The molecule has 0 heterocycles. The first-order valence-corrected chi connectivity index (χ1v) is 9.69. The van der Waals surface area contributed by atoms with E-state index in [0.717, 1.165) is 25.0 Å². The number of hydrogen-bond donors (Lipinski definition) is 0. The van der Waals surface area contributed by atoms with Crippen molar-refractivity contribution in [1.82, 2.24) is 4.90 Å². The van der Waals surface area contributed by atoms with E-state index >= 15 is 0 Å². The lowest BCUT2D eigenvalue weighted by Crippen LogP contribution is -2.37. The molecule has 0 saturated carbocycles. The summed E-state index contributed by atoms with van der Waals surface area (Å²) in [5, 5.41) is 1.06. The third-order valence-corrected chi connectivity index (χ3v) is 6.03. The molecule has 0 aliphatic carbocycles. The molecule has 2 aromatic carbocycles. The number of rotatable bonds is 9. The summed E-state index contributed by atoms with van der Waals surface area (Å²) < 4.78 is 0. The largest absolute Gasteiger partial charge is 0.294 e. The molecule has 0 atom stereocenters. The zero-order valence-electron chi connectivity index (χ0n) is 14.3. The van der Waals surface area contributed by atoms with Crippen molar-refractivity contribution in [2.75, 3.05) is 11.9 Å². The van der Waals surface area contributed by atoms with E-state index in [-0.39, 0.29) is 0 Å². The Kier molecular flexibility index (Phi) is 7.32. The molecule has 0 aromatic heterocycles. The van der Waals surface area contributed by atoms with Crippen LogP contribution in [0.5, 0.6) is 0 Å². The van der Waals surface area contributed by atoms with Crippen LogP contribution in [0, 0.1) is 5.41 Å². The van der Waals surface area contributed by atoms with E-state index in [9.17, 15) is 0 Å². The second-order valence-corrected chi connectivity index (χ2v) is 7.02. The molecule has 0 bridgehead atoms. The van der Waals surface area contributed by atoms with Crippen LogP contribution in [-0.4, -0.2) is 16.8 Å². The molecule has 2 rings (SSSR count). The van der Waals surface area contributed by atoms with Crippen LogP contribution in [0.25, 0.3) is 0 Å². The van der Waals surface area contributed by atoms with Gasteiger partial charge in [0.25, 0.3) is 0 Å². The molecule has 23 heavy (non-hydrogen) atoms. The highest BCUT2D eigenvalue weighted by atomic mass is 79.9. The standard InChI is InChI=1S/C21H28BrN/c1-3-21(4-2,17-22)18-23(15-19-11-7-5-8-12-19)16-20-13-9-6-10-14-20/h5-14H,3-4,15-18H2,1-2H3. The molecule has 0 fully saturated rings. The second-order valence-electron chi connectivity index (χ2n) is 6.46. The normalized spacial score (nSPS) is 11.8. The highest BCUT2D eigenvalue weighted by Gasteiger charge is 2.27. The van der Waals surface area contributed by atoms with Crippen molar-refractivity contribution in [2.24, 2.45) is 5.41 Å². The quantitative estimate of drug-likeness (QED) is 0.495. The fourth-order valence-corrected chi connectivity index (χ4v) is 4.00. The lowest BCUT2D eigenvalue weighted by atomic mass is 9.84. The summed E-state index contributed by atoms with van der Waals surface area (Å²) >= 11 is 3.77. The fraction of sp³-hybridized carbons (Fsp3) is 0.429. The molecule has 124 valence electrons. The summed E-state index contributed by atoms with van der Waals surface area (Å²) in [6.45, 7) is 7.76. The van der Waals surface area contributed by atoms with Crippen LogP contribution in [0.2, 0.25) is 0 Å². The lowest BCUT2D eigenvalue weighted by molar-refractivity contribution is 0.145. The minimum Gasteiger partial charge on any atom is -0.294 e. The molecule has 1 nitrogen and oxygen atoms in total. The van der Waals surface area contributed by atoms with Crippen LogP contribution in [0.4, 0.5) is 0 Å². The minimum atomic E-state index is 0.351. The third-order valence-electron chi connectivity index (χ3n) is 4.84. The Labute approximate surface area is 149 Å². The average Bonchev–Trinajstić information content (AvgIpc) is 2.61. The molecular weight excluding hydrogens is 346 g/mol. The first-order valence-electron chi connectivity index (χ1n) is 8.57. The zero-order chi connectivity index (χ0) is 16.5. The van der Waals surface area contributed by atoms with Gasteiger partial charge < -0.3 is 0 Å². The number of alkyl halides is 1. The maximum atomic E-state index is 3.77. The summed E-state index contributed by atoms with van der Waals surface area (Å²) in [6, 6.07) is 21.6. The van der Waals surface area contributed by atoms with Crippen LogP contribution in [0.1, 0.15) is 37.8 Å². The maximum absolute atomic E-state index is 3.77. The predicted octanol–water partition coefficient (Wildman–Crippen LogP) is 5.89. The molecule has 0 unspecified atom stereocenters. The Morgan fingerprint density at radius 2 is 1.22 bits per heavy atom. The van der Waals surface area contributed by atoms with E-state index in [2.05, 4.69) is 95.3 Å². The monoisotopic (exact) mass is 373 g/mol. The molecule has 0 saturated heterocycles. The van der Waals surface area contributed by atoms with E-state index < -0.39 is 0 Å². The molecular formula is C21H28BrN. The molecule has 2 heteroatoms. The maximum Gasteiger partial charge on any atom is 0.0237 e. The van der Waals surface area contributed by atoms with E-state index in [1.165, 1.54) is 24.0 Å². The first-order chi connectivity index (χ1) is 11.2. The molecule has 0 aliphatic heterocycles. The van der Waals surface area contributed by atoms with Crippen LogP contribution >= 0.6 is 15.9 Å². The van der Waals surface area contributed by atoms with Crippen molar-refractivity contribution in [3.63, 3.8) is 0 Å². The third kappa shape index (κ3) is 5.47. The van der Waals surface area contributed by atoms with E-state index in [1.54, 1.807) is 0 Å². The van der Waals surface area contributed by atoms with Crippen LogP contribution in [-0.2, 0) is 13.1 Å². The van der Waals surface area contributed by atoms with Gasteiger partial charge >= 0.3 is 0 Å². The number of benzene rings is 2. The van der Waals surface area contributed by atoms with Gasteiger partial charge in [-0.2, -0.15) is 0 Å². The van der Waals surface area contributed by atoms with Crippen molar-refractivity contribution in [1.29, 1.82) is 0 Å². The van der Waals surface area contributed by atoms with Gasteiger partial charge in [0, 0.05) is 25.0 Å². The molecule has 0 N–H and O–H groups in total. The van der Waals surface area contributed by atoms with Gasteiger partial charge in [0.15, 0.2) is 0 Å². The average molecular weight is 374 g/mol. The highest BCUT2D eigenvalue weighted by molar-refractivity contribution is 9.09. The Morgan fingerprint density at radius 1 is 0.783 bits per heavy atom. The van der Waals surface area contributed by atoms with E-state index in [0.29, 0.717) is 5.41 Å². The molecule has 2 aromatic rings. The molecule has 0 aliphatic rings. The summed E-state index contributed by atoms with van der Waals surface area (Å²) in [6.07, 6.45) is 2.41. The van der Waals surface area contributed by atoms with Gasteiger partial charge in [0.1, 0.15) is 0 Å². The molecule has 0 amide bonds. The second kappa shape index (κ2) is 9.24. The van der Waals surface area contributed by atoms with Crippen LogP contribution in [0.15, 0.2) is 60.7 Å². The van der Waals surface area contributed by atoms with Gasteiger partial charge in [-0.1, -0.05) is 90.4 Å². The summed E-state index contributed by atoms with van der Waals surface area (Å²) in [7, 11) is 0. The Morgan fingerprint density at radius 3 is 1.57 bits per heavy atom. The Balaban J connectivity index is 2.16. The zero-order valence-corrected chi connectivity index (χ0v) is 15.9. The van der Waals surface area contributed by atoms with Gasteiger partial charge in [0.05, 0.1) is 0 Å². The molecule has 0 spiro atoms. The van der Waals surface area contributed by atoms with Gasteiger partial charge in [-0.25, -0.2) is 0 Å². The first kappa shape index (κ1) is 18.2. The minimum absolute atomic E-state index is 0.351. The van der Waals surface area contributed by atoms with Crippen molar-refractivity contribution in [3.8, 4) is 0 Å².